The molecule has 0 aliphatic rings. The smallest absolute Gasteiger partial charge is 0.870 e. The van der Waals surface area contributed by atoms with E-state index in [1.54, 1.807) is 0 Å². The summed E-state index contributed by atoms with van der Waals surface area (Å²) in [6, 6.07) is 0. The van der Waals surface area contributed by atoms with Crippen molar-refractivity contribution < 1.29 is 56.9 Å². The Morgan fingerprint density at radius 1 is 1.00 bits per heavy atom. The van der Waals surface area contributed by atoms with Crippen molar-refractivity contribution >= 4 is 29.6 Å². The third kappa shape index (κ3) is 8.82. The Kier molecular flexibility index (Phi) is 137. The van der Waals surface area contributed by atoms with Gasteiger partial charge in [-0.1, -0.05) is 0 Å². The van der Waals surface area contributed by atoms with Crippen LogP contribution in [-0.4, -0.2) is 35.0 Å². The molecular formula is H5KNNaO. The Morgan fingerprint density at radius 3 is 1.00 bits per heavy atom. The average molecular weight is 97.1 g/mol. The molecule has 0 aromatic rings. The van der Waals surface area contributed by atoms with Crippen LogP contribution in [0.1, 0.15) is 0 Å². The molecule has 0 fully saturated rings. The summed E-state index contributed by atoms with van der Waals surface area (Å²) in [5.41, 5.74) is 0. The molecule has 4 heavy (non-hydrogen) atoms. The Labute approximate surface area is 90.3 Å². The average Bonchev–Trinajstić information content (AvgIpc) is 0. The molecule has 2 nitrogen and oxygen atoms in total. The number of hydrogen-bond acceptors (Lipinski definition) is 2. The molecule has 0 rings (SSSR count). The molecule has 4 heteroatoms. The molecule has 4 N–H and O–H groups in total. The maximum Gasteiger partial charge on any atom is -0.870 e. The van der Waals surface area contributed by atoms with Crippen LogP contribution in [0.25, 0.3) is 0 Å². The van der Waals surface area contributed by atoms with Gasteiger partial charge in [-0.15, -0.1) is 0 Å². The van der Waals surface area contributed by atoms with E-state index in [-0.39, 0.29) is 92.6 Å². The fourth-order valence-electron chi connectivity index (χ4n) is 0. The van der Waals surface area contributed by atoms with Crippen molar-refractivity contribution in [1.82, 2.24) is 6.15 Å². The van der Waals surface area contributed by atoms with Crippen LogP contribution in [-0.2, 0) is 0 Å². The van der Waals surface area contributed by atoms with Crippen molar-refractivity contribution in [3.05, 3.63) is 0 Å². The summed E-state index contributed by atoms with van der Waals surface area (Å²) in [4.78, 5) is 0. The van der Waals surface area contributed by atoms with Crippen molar-refractivity contribution in [3.63, 3.8) is 0 Å². The zero-order valence-corrected chi connectivity index (χ0v) is 5.28. The predicted molar refractivity (Wildman–Crippen MR) is 14.1 cm³/mol. The predicted octanol–water partition coefficient (Wildman–Crippen LogP) is -3.66. The van der Waals surface area contributed by atoms with Crippen LogP contribution >= 0.6 is 0 Å². The van der Waals surface area contributed by atoms with Crippen molar-refractivity contribution in [2.24, 2.45) is 0 Å². The summed E-state index contributed by atoms with van der Waals surface area (Å²) in [7, 11) is 0. The first-order valence-corrected chi connectivity index (χ1v) is 0. The fraction of sp³-hybridized carbons (Fsp3) is 0. The van der Waals surface area contributed by atoms with E-state index in [1.165, 1.54) is 0 Å². The summed E-state index contributed by atoms with van der Waals surface area (Å²) >= 11 is 0. The Hall–Kier alpha value is 2.56. The van der Waals surface area contributed by atoms with Gasteiger partial charge in [-0.25, -0.2) is 0 Å². The first kappa shape index (κ1) is 31.0. The van der Waals surface area contributed by atoms with Crippen LogP contribution in [0.5, 0.6) is 0 Å². The van der Waals surface area contributed by atoms with E-state index >= 15 is 0 Å². The van der Waals surface area contributed by atoms with Gasteiger partial charge in [-0.05, 0) is 0 Å². The third-order valence-corrected chi connectivity index (χ3v) is 0. The minimum Gasteiger partial charge on any atom is -0.870 e. The van der Waals surface area contributed by atoms with E-state index < -0.39 is 0 Å². The molecule has 0 atom stereocenters. The van der Waals surface area contributed by atoms with Gasteiger partial charge >= 0.3 is 80.9 Å². The van der Waals surface area contributed by atoms with Crippen LogP contribution in [0.4, 0.5) is 0 Å². The Morgan fingerprint density at radius 2 is 1.00 bits per heavy atom. The third-order valence-electron chi connectivity index (χ3n) is 0. The van der Waals surface area contributed by atoms with Gasteiger partial charge in [-0.3, -0.25) is 0 Å². The van der Waals surface area contributed by atoms with Crippen molar-refractivity contribution in [1.29, 1.82) is 0 Å². The molecule has 0 aromatic heterocycles. The van der Waals surface area contributed by atoms with Gasteiger partial charge in [0, 0.05) is 0 Å². The molecule has 0 bridgehead atoms. The van der Waals surface area contributed by atoms with Crippen LogP contribution in [0.15, 0.2) is 0 Å². The van der Waals surface area contributed by atoms with Crippen LogP contribution in [0, 0.1) is 0 Å². The number of hydrogen-bond donors (Lipinski definition) is 1. The minimum atomic E-state index is 0. The van der Waals surface area contributed by atoms with Gasteiger partial charge < -0.3 is 11.6 Å². The molecule has 0 aliphatic carbocycles. The van der Waals surface area contributed by atoms with Crippen molar-refractivity contribution in [2.45, 2.75) is 0 Å². The van der Waals surface area contributed by atoms with Crippen molar-refractivity contribution in [2.75, 3.05) is 0 Å². The Bertz CT molecular complexity index is 8.00. The summed E-state index contributed by atoms with van der Waals surface area (Å²) in [5, 5.41) is 0. The molecule has 0 heterocycles. The van der Waals surface area contributed by atoms with E-state index in [0.717, 1.165) is 0 Å². The molecule has 0 amide bonds. The zero-order chi connectivity index (χ0) is 0. The maximum atomic E-state index is 0. The number of rotatable bonds is 0. The van der Waals surface area contributed by atoms with Gasteiger partial charge in [0.1, 0.15) is 0 Å². The zero-order valence-electron chi connectivity index (χ0n) is 2.15. The normalized spacial score (nSPS) is 0. The second-order valence-corrected chi connectivity index (χ2v) is 0. The largest absolute Gasteiger partial charge is 0.870 e. The minimum absolute atomic E-state index is 0. The molecule has 0 aromatic carbocycles. The topological polar surface area (TPSA) is 65.0 Å². The SMILES string of the molecule is N.[K+].[NaH].[OH-]. The van der Waals surface area contributed by atoms with Crippen LogP contribution < -0.4 is 57.5 Å². The van der Waals surface area contributed by atoms with Gasteiger partial charge in [0.25, 0.3) is 0 Å². The van der Waals surface area contributed by atoms with Gasteiger partial charge in [-0.2, -0.15) is 0 Å². The molecule has 0 radical (unpaired) electrons. The molecule has 0 saturated heterocycles. The summed E-state index contributed by atoms with van der Waals surface area (Å²) in [6.07, 6.45) is 0. The molecule has 0 saturated carbocycles. The van der Waals surface area contributed by atoms with Crippen molar-refractivity contribution in [3.8, 4) is 0 Å². The Balaban J connectivity index is 0. The monoisotopic (exact) mass is 97.0 g/mol. The molecule has 0 spiro atoms. The van der Waals surface area contributed by atoms with Gasteiger partial charge in [0.15, 0.2) is 0 Å². The summed E-state index contributed by atoms with van der Waals surface area (Å²) in [5.74, 6) is 0. The van der Waals surface area contributed by atoms with Crippen LogP contribution in [0.3, 0.4) is 0 Å². The standard InChI is InChI=1S/K.H3N.Na.H2O.H/h;1H3;;1H2;/q+1;;;;/p-1. The second kappa shape index (κ2) is 17.7. The molecule has 0 aliphatic heterocycles. The maximum absolute atomic E-state index is 0. The quantitative estimate of drug-likeness (QED) is 0.317. The van der Waals surface area contributed by atoms with E-state index in [1.807, 2.05) is 0 Å². The molecule has 0 unspecified atom stereocenters. The van der Waals surface area contributed by atoms with Gasteiger partial charge in [0.05, 0.1) is 0 Å². The van der Waals surface area contributed by atoms with Gasteiger partial charge in [0.2, 0.25) is 0 Å². The van der Waals surface area contributed by atoms with Crippen LogP contribution in [0.2, 0.25) is 0 Å². The van der Waals surface area contributed by atoms with E-state index in [4.69, 9.17) is 0 Å². The van der Waals surface area contributed by atoms with E-state index in [2.05, 4.69) is 0 Å². The molecular weight excluding hydrogens is 92.1 g/mol. The summed E-state index contributed by atoms with van der Waals surface area (Å²) in [6.45, 7) is 0. The summed E-state index contributed by atoms with van der Waals surface area (Å²) < 4.78 is 0. The van der Waals surface area contributed by atoms with E-state index in [9.17, 15) is 0 Å². The van der Waals surface area contributed by atoms with E-state index in [0.29, 0.717) is 0 Å². The second-order valence-electron chi connectivity index (χ2n) is 0. The first-order valence-electron chi connectivity index (χ1n) is 0. The first-order chi connectivity index (χ1) is 0. The fourth-order valence-corrected chi connectivity index (χ4v) is 0. The molecule has 18 valence electrons.